The van der Waals surface area contributed by atoms with Gasteiger partial charge in [-0.25, -0.2) is 4.98 Å². The second-order valence-corrected chi connectivity index (χ2v) is 6.19. The van der Waals surface area contributed by atoms with Gasteiger partial charge < -0.3 is 5.32 Å². The molecule has 16 heavy (non-hydrogen) atoms. The van der Waals surface area contributed by atoms with Crippen LogP contribution in [0.2, 0.25) is 0 Å². The molecule has 0 spiro atoms. The largest absolute Gasteiger partial charge is 0.309 e. The zero-order valence-electron chi connectivity index (χ0n) is 9.96. The second kappa shape index (κ2) is 4.46. The van der Waals surface area contributed by atoms with E-state index in [1.165, 1.54) is 60.6 Å². The van der Waals surface area contributed by atoms with Gasteiger partial charge in [0.1, 0.15) is 0 Å². The molecule has 0 amide bonds. The first-order chi connectivity index (χ1) is 7.84. The average Bonchev–Trinajstić information content (AvgIpc) is 2.97. The van der Waals surface area contributed by atoms with Crippen molar-refractivity contribution in [1.29, 1.82) is 0 Å². The molecule has 1 aromatic heterocycles. The Labute approximate surface area is 101 Å². The Morgan fingerprint density at radius 2 is 2.00 bits per heavy atom. The number of hydrogen-bond donors (Lipinski definition) is 1. The molecular formula is C13H20N2S. The van der Waals surface area contributed by atoms with Gasteiger partial charge in [-0.05, 0) is 39.2 Å². The third kappa shape index (κ3) is 1.91. The van der Waals surface area contributed by atoms with Crippen LogP contribution in [-0.4, -0.2) is 11.5 Å². The first kappa shape index (κ1) is 10.7. The SMILES string of the molecule is Cc1nc(C2CCCC2)sc1C1CCCN1. The van der Waals surface area contributed by atoms with Crippen molar-refractivity contribution in [2.24, 2.45) is 0 Å². The summed E-state index contributed by atoms with van der Waals surface area (Å²) in [6, 6.07) is 0.604. The number of hydrogen-bond acceptors (Lipinski definition) is 3. The average molecular weight is 236 g/mol. The van der Waals surface area contributed by atoms with Gasteiger partial charge in [0.15, 0.2) is 0 Å². The van der Waals surface area contributed by atoms with E-state index in [2.05, 4.69) is 12.2 Å². The van der Waals surface area contributed by atoms with E-state index >= 15 is 0 Å². The summed E-state index contributed by atoms with van der Waals surface area (Å²) in [4.78, 5) is 6.33. The van der Waals surface area contributed by atoms with Crippen LogP contribution < -0.4 is 5.32 Å². The van der Waals surface area contributed by atoms with E-state index in [1.807, 2.05) is 11.3 Å². The summed E-state index contributed by atoms with van der Waals surface area (Å²) in [5, 5.41) is 5.00. The molecule has 3 rings (SSSR count). The smallest absolute Gasteiger partial charge is 0.0962 e. The van der Waals surface area contributed by atoms with E-state index in [-0.39, 0.29) is 0 Å². The van der Waals surface area contributed by atoms with Gasteiger partial charge in [0, 0.05) is 16.8 Å². The molecule has 0 radical (unpaired) electrons. The molecule has 2 aliphatic rings. The molecule has 3 heteroatoms. The summed E-state index contributed by atoms with van der Waals surface area (Å²) >= 11 is 1.98. The van der Waals surface area contributed by atoms with Crippen LogP contribution in [0.25, 0.3) is 0 Å². The van der Waals surface area contributed by atoms with Gasteiger partial charge in [-0.1, -0.05) is 12.8 Å². The Balaban J connectivity index is 1.83. The Morgan fingerprint density at radius 3 is 2.69 bits per heavy atom. The van der Waals surface area contributed by atoms with Crippen molar-refractivity contribution in [3.05, 3.63) is 15.6 Å². The van der Waals surface area contributed by atoms with E-state index in [1.54, 1.807) is 0 Å². The van der Waals surface area contributed by atoms with Crippen molar-refractivity contribution in [3.63, 3.8) is 0 Å². The minimum Gasteiger partial charge on any atom is -0.309 e. The summed E-state index contributed by atoms with van der Waals surface area (Å²) in [5.41, 5.74) is 1.28. The lowest BCUT2D eigenvalue weighted by atomic mass is 10.1. The summed E-state index contributed by atoms with van der Waals surface area (Å²) in [6.45, 7) is 3.37. The van der Waals surface area contributed by atoms with Crippen molar-refractivity contribution < 1.29 is 0 Å². The zero-order chi connectivity index (χ0) is 11.0. The molecule has 0 bridgehead atoms. The lowest BCUT2D eigenvalue weighted by Crippen LogP contribution is -2.12. The van der Waals surface area contributed by atoms with Crippen LogP contribution >= 0.6 is 11.3 Å². The first-order valence-electron chi connectivity index (χ1n) is 6.55. The summed E-state index contributed by atoms with van der Waals surface area (Å²) in [7, 11) is 0. The van der Waals surface area contributed by atoms with Gasteiger partial charge in [-0.2, -0.15) is 0 Å². The summed E-state index contributed by atoms with van der Waals surface area (Å²) < 4.78 is 0. The van der Waals surface area contributed by atoms with Gasteiger partial charge in [0.05, 0.1) is 10.7 Å². The molecular weight excluding hydrogens is 216 g/mol. The Bertz CT molecular complexity index is 360. The molecule has 1 saturated heterocycles. The highest BCUT2D eigenvalue weighted by molar-refractivity contribution is 7.11. The van der Waals surface area contributed by atoms with Crippen LogP contribution in [-0.2, 0) is 0 Å². The predicted molar refractivity (Wildman–Crippen MR) is 68.0 cm³/mol. The van der Waals surface area contributed by atoms with Gasteiger partial charge in [0.25, 0.3) is 0 Å². The van der Waals surface area contributed by atoms with Gasteiger partial charge in [-0.15, -0.1) is 11.3 Å². The van der Waals surface area contributed by atoms with Crippen molar-refractivity contribution in [1.82, 2.24) is 10.3 Å². The van der Waals surface area contributed by atoms with Gasteiger partial charge in [0.2, 0.25) is 0 Å². The molecule has 1 aliphatic heterocycles. The molecule has 88 valence electrons. The fourth-order valence-corrected chi connectivity index (χ4v) is 4.36. The topological polar surface area (TPSA) is 24.9 Å². The second-order valence-electron chi connectivity index (χ2n) is 5.13. The minimum absolute atomic E-state index is 0.604. The molecule has 1 saturated carbocycles. The molecule has 2 heterocycles. The van der Waals surface area contributed by atoms with Crippen LogP contribution in [0.4, 0.5) is 0 Å². The highest BCUT2D eigenvalue weighted by Crippen LogP contribution is 2.39. The van der Waals surface area contributed by atoms with E-state index in [0.29, 0.717) is 6.04 Å². The van der Waals surface area contributed by atoms with Crippen LogP contribution in [0.15, 0.2) is 0 Å². The number of aryl methyl sites for hydroxylation is 1. The standard InChI is InChI=1S/C13H20N2S/c1-9-12(11-7-4-8-14-11)16-13(15-9)10-5-2-3-6-10/h10-11,14H,2-8H2,1H3. The maximum absolute atomic E-state index is 4.82. The molecule has 2 fully saturated rings. The number of aromatic nitrogens is 1. The Kier molecular flexibility index (Phi) is 2.99. The van der Waals surface area contributed by atoms with Crippen LogP contribution in [0.3, 0.4) is 0 Å². The fraction of sp³-hybridized carbons (Fsp3) is 0.769. The quantitative estimate of drug-likeness (QED) is 0.849. The zero-order valence-corrected chi connectivity index (χ0v) is 10.8. The third-order valence-corrected chi connectivity index (χ3v) is 5.36. The molecule has 1 atom stereocenters. The molecule has 1 aliphatic carbocycles. The van der Waals surface area contributed by atoms with Crippen molar-refractivity contribution >= 4 is 11.3 Å². The van der Waals surface area contributed by atoms with Gasteiger partial charge >= 0.3 is 0 Å². The maximum atomic E-state index is 4.82. The molecule has 1 N–H and O–H groups in total. The highest BCUT2D eigenvalue weighted by atomic mass is 32.1. The van der Waals surface area contributed by atoms with E-state index in [9.17, 15) is 0 Å². The van der Waals surface area contributed by atoms with Crippen LogP contribution in [0, 0.1) is 6.92 Å². The van der Waals surface area contributed by atoms with Crippen LogP contribution in [0.5, 0.6) is 0 Å². The number of nitrogens with zero attached hydrogens (tertiary/aromatic N) is 1. The van der Waals surface area contributed by atoms with E-state index < -0.39 is 0 Å². The van der Waals surface area contributed by atoms with Crippen molar-refractivity contribution in [2.75, 3.05) is 6.54 Å². The minimum atomic E-state index is 0.604. The highest BCUT2D eigenvalue weighted by Gasteiger charge is 2.25. The lowest BCUT2D eigenvalue weighted by Gasteiger charge is -2.07. The van der Waals surface area contributed by atoms with Crippen LogP contribution in [0.1, 0.15) is 66.1 Å². The predicted octanol–water partition coefficient (Wildman–Crippen LogP) is 3.53. The Hall–Kier alpha value is -0.410. The normalized spacial score (nSPS) is 26.7. The van der Waals surface area contributed by atoms with Crippen molar-refractivity contribution in [3.8, 4) is 0 Å². The molecule has 2 nitrogen and oxygen atoms in total. The summed E-state index contributed by atoms with van der Waals surface area (Å²) in [5.74, 6) is 0.777. The fourth-order valence-electron chi connectivity index (χ4n) is 3.01. The molecule has 1 unspecified atom stereocenters. The summed E-state index contributed by atoms with van der Waals surface area (Å²) in [6.07, 6.45) is 8.16. The lowest BCUT2D eigenvalue weighted by molar-refractivity contribution is 0.653. The number of thiazole rings is 1. The van der Waals surface area contributed by atoms with E-state index in [0.717, 1.165) is 5.92 Å². The number of rotatable bonds is 2. The van der Waals surface area contributed by atoms with Gasteiger partial charge in [-0.3, -0.25) is 0 Å². The number of nitrogens with one attached hydrogen (secondary N) is 1. The monoisotopic (exact) mass is 236 g/mol. The third-order valence-electron chi connectivity index (χ3n) is 3.93. The first-order valence-corrected chi connectivity index (χ1v) is 7.37. The Morgan fingerprint density at radius 1 is 1.19 bits per heavy atom. The maximum Gasteiger partial charge on any atom is 0.0962 e. The molecule has 0 aromatic carbocycles. The van der Waals surface area contributed by atoms with E-state index in [4.69, 9.17) is 4.98 Å². The molecule has 1 aromatic rings. The van der Waals surface area contributed by atoms with Crippen molar-refractivity contribution in [2.45, 2.75) is 57.4 Å².